The average molecular weight is 334 g/mol. The van der Waals surface area contributed by atoms with E-state index in [9.17, 15) is 4.39 Å². The summed E-state index contributed by atoms with van der Waals surface area (Å²) >= 11 is 0. The molecule has 3 nitrogen and oxygen atoms in total. The fraction of sp³-hybridized carbons (Fsp3) is 0.190. The van der Waals surface area contributed by atoms with Crippen LogP contribution in [0.25, 0.3) is 0 Å². The van der Waals surface area contributed by atoms with Crippen molar-refractivity contribution in [3.05, 3.63) is 88.9 Å². The molecule has 1 atom stereocenters. The zero-order valence-electron chi connectivity index (χ0n) is 14.0. The molecule has 25 heavy (non-hydrogen) atoms. The maximum absolute atomic E-state index is 13.0. The van der Waals surface area contributed by atoms with Gasteiger partial charge in [-0.25, -0.2) is 9.37 Å². The van der Waals surface area contributed by atoms with Crippen molar-refractivity contribution in [2.24, 2.45) is 0 Å². The number of aryl methyl sites for hydroxylation is 1. The Labute approximate surface area is 146 Å². The lowest BCUT2D eigenvalue weighted by Gasteiger charge is -2.27. The first-order chi connectivity index (χ1) is 12.2. The highest BCUT2D eigenvalue weighted by Crippen LogP contribution is 2.33. The van der Waals surface area contributed by atoms with Gasteiger partial charge in [0.15, 0.2) is 0 Å². The Morgan fingerprint density at radius 2 is 1.84 bits per heavy atom. The van der Waals surface area contributed by atoms with Gasteiger partial charge in [0, 0.05) is 6.20 Å². The summed E-state index contributed by atoms with van der Waals surface area (Å²) in [7, 11) is 0. The van der Waals surface area contributed by atoms with E-state index < -0.39 is 0 Å². The Morgan fingerprint density at radius 1 is 1.08 bits per heavy atom. The van der Waals surface area contributed by atoms with Crippen LogP contribution >= 0.6 is 0 Å². The number of fused-ring (bicyclic) bond motifs is 1. The van der Waals surface area contributed by atoms with E-state index in [4.69, 9.17) is 4.74 Å². The van der Waals surface area contributed by atoms with Crippen LogP contribution in [0.3, 0.4) is 0 Å². The molecule has 0 amide bonds. The van der Waals surface area contributed by atoms with Crippen molar-refractivity contribution >= 4 is 5.69 Å². The lowest BCUT2D eigenvalue weighted by Crippen LogP contribution is -2.24. The summed E-state index contributed by atoms with van der Waals surface area (Å²) in [5.41, 5.74) is 5.45. The van der Waals surface area contributed by atoms with Crippen molar-refractivity contribution < 1.29 is 9.13 Å². The van der Waals surface area contributed by atoms with Gasteiger partial charge in [0.05, 0.1) is 11.7 Å². The predicted octanol–water partition coefficient (Wildman–Crippen LogP) is 4.67. The quantitative estimate of drug-likeness (QED) is 0.756. The van der Waals surface area contributed by atoms with Gasteiger partial charge in [-0.2, -0.15) is 0 Å². The normalized spacial score (nSPS) is 15.8. The number of rotatable bonds is 3. The Kier molecular flexibility index (Phi) is 4.10. The second kappa shape index (κ2) is 6.55. The standard InChI is InChI=1S/C21H19FN2O/c1-14-2-6-17(7-3-14)20-13-25-21-19(24-20)11-16(12-23-21)10-15-4-8-18(22)9-5-15/h2-9,11-12,20,24H,10,13H2,1H3. The summed E-state index contributed by atoms with van der Waals surface area (Å²) in [4.78, 5) is 4.42. The lowest BCUT2D eigenvalue weighted by molar-refractivity contribution is 0.275. The van der Waals surface area contributed by atoms with Crippen LogP contribution in [-0.4, -0.2) is 11.6 Å². The first kappa shape index (κ1) is 15.6. The minimum Gasteiger partial charge on any atom is -0.474 e. The van der Waals surface area contributed by atoms with Crippen molar-refractivity contribution in [2.75, 3.05) is 11.9 Å². The topological polar surface area (TPSA) is 34.1 Å². The summed E-state index contributed by atoms with van der Waals surface area (Å²) in [6.45, 7) is 2.63. The molecular formula is C21H19FN2O. The molecule has 0 saturated heterocycles. The molecule has 3 aromatic rings. The van der Waals surface area contributed by atoms with E-state index in [0.717, 1.165) is 16.8 Å². The number of halogens is 1. The summed E-state index contributed by atoms with van der Waals surface area (Å²) in [5, 5.41) is 3.52. The predicted molar refractivity (Wildman–Crippen MR) is 96.5 cm³/mol. The molecule has 0 saturated carbocycles. The summed E-state index contributed by atoms with van der Waals surface area (Å²) < 4.78 is 18.9. The third-order valence-electron chi connectivity index (χ3n) is 4.43. The number of hydrogen-bond acceptors (Lipinski definition) is 3. The molecule has 0 fully saturated rings. The molecule has 2 aromatic carbocycles. The van der Waals surface area contributed by atoms with E-state index in [1.54, 1.807) is 12.1 Å². The zero-order valence-corrected chi connectivity index (χ0v) is 14.0. The van der Waals surface area contributed by atoms with Gasteiger partial charge in [-0.3, -0.25) is 0 Å². The van der Waals surface area contributed by atoms with Gasteiger partial charge in [-0.05, 0) is 48.2 Å². The van der Waals surface area contributed by atoms with E-state index in [1.807, 2.05) is 6.20 Å². The van der Waals surface area contributed by atoms with Crippen LogP contribution < -0.4 is 10.1 Å². The molecule has 0 aliphatic carbocycles. The maximum Gasteiger partial charge on any atom is 0.237 e. The molecule has 1 aromatic heterocycles. The van der Waals surface area contributed by atoms with Gasteiger partial charge >= 0.3 is 0 Å². The van der Waals surface area contributed by atoms with Crippen molar-refractivity contribution in [2.45, 2.75) is 19.4 Å². The molecule has 0 bridgehead atoms. The zero-order chi connectivity index (χ0) is 17.2. The van der Waals surface area contributed by atoms with E-state index >= 15 is 0 Å². The number of nitrogens with zero attached hydrogens (tertiary/aromatic N) is 1. The van der Waals surface area contributed by atoms with Crippen LogP contribution in [-0.2, 0) is 6.42 Å². The highest BCUT2D eigenvalue weighted by atomic mass is 19.1. The average Bonchev–Trinajstić information content (AvgIpc) is 2.64. The lowest BCUT2D eigenvalue weighted by atomic mass is 10.0. The van der Waals surface area contributed by atoms with E-state index in [-0.39, 0.29) is 11.9 Å². The van der Waals surface area contributed by atoms with Crippen LogP contribution in [0, 0.1) is 12.7 Å². The molecule has 0 spiro atoms. The molecule has 4 rings (SSSR count). The number of pyridine rings is 1. The molecule has 1 unspecified atom stereocenters. The van der Waals surface area contributed by atoms with E-state index in [0.29, 0.717) is 18.9 Å². The number of ether oxygens (including phenoxy) is 1. The Hall–Kier alpha value is -2.88. The monoisotopic (exact) mass is 334 g/mol. The molecule has 2 heterocycles. The summed E-state index contributed by atoms with van der Waals surface area (Å²) in [5.74, 6) is 0.412. The van der Waals surface area contributed by atoms with Gasteiger partial charge in [0.1, 0.15) is 12.4 Å². The molecule has 1 aliphatic rings. The summed E-state index contributed by atoms with van der Waals surface area (Å²) in [6, 6.07) is 17.2. The van der Waals surface area contributed by atoms with Gasteiger partial charge in [0.2, 0.25) is 5.88 Å². The number of hydrogen-bond donors (Lipinski definition) is 1. The second-order valence-corrected chi connectivity index (χ2v) is 6.42. The van der Waals surface area contributed by atoms with E-state index in [2.05, 4.69) is 47.6 Å². The van der Waals surface area contributed by atoms with Crippen LogP contribution in [0.2, 0.25) is 0 Å². The highest BCUT2D eigenvalue weighted by Gasteiger charge is 2.21. The fourth-order valence-corrected chi connectivity index (χ4v) is 3.02. The molecule has 1 aliphatic heterocycles. The van der Waals surface area contributed by atoms with Gasteiger partial charge in [-0.1, -0.05) is 42.0 Å². The number of anilines is 1. The van der Waals surface area contributed by atoms with Crippen molar-refractivity contribution in [1.82, 2.24) is 4.98 Å². The number of benzene rings is 2. The highest BCUT2D eigenvalue weighted by molar-refractivity contribution is 5.57. The molecule has 1 N–H and O–H groups in total. The van der Waals surface area contributed by atoms with E-state index in [1.165, 1.54) is 23.3 Å². The van der Waals surface area contributed by atoms with Crippen LogP contribution in [0.4, 0.5) is 10.1 Å². The van der Waals surface area contributed by atoms with Gasteiger partial charge < -0.3 is 10.1 Å². The van der Waals surface area contributed by atoms with Crippen LogP contribution in [0.1, 0.15) is 28.3 Å². The fourth-order valence-electron chi connectivity index (χ4n) is 3.02. The molecular weight excluding hydrogens is 315 g/mol. The van der Waals surface area contributed by atoms with Gasteiger partial charge in [-0.15, -0.1) is 0 Å². The van der Waals surface area contributed by atoms with Crippen molar-refractivity contribution in [1.29, 1.82) is 0 Å². The Morgan fingerprint density at radius 3 is 2.60 bits per heavy atom. The Balaban J connectivity index is 1.54. The minimum absolute atomic E-state index is 0.107. The minimum atomic E-state index is -0.219. The number of aromatic nitrogens is 1. The van der Waals surface area contributed by atoms with Gasteiger partial charge in [0.25, 0.3) is 0 Å². The Bertz CT molecular complexity index is 875. The second-order valence-electron chi connectivity index (χ2n) is 6.42. The molecule has 126 valence electrons. The molecule has 4 heteroatoms. The van der Waals surface area contributed by atoms with Crippen molar-refractivity contribution in [3.63, 3.8) is 0 Å². The first-order valence-corrected chi connectivity index (χ1v) is 8.37. The third kappa shape index (κ3) is 3.48. The van der Waals surface area contributed by atoms with Crippen LogP contribution in [0.5, 0.6) is 5.88 Å². The summed E-state index contributed by atoms with van der Waals surface area (Å²) in [6.07, 6.45) is 2.52. The molecule has 0 radical (unpaired) electrons. The smallest absolute Gasteiger partial charge is 0.237 e. The maximum atomic E-state index is 13.0. The van der Waals surface area contributed by atoms with Crippen LogP contribution in [0.15, 0.2) is 60.8 Å². The van der Waals surface area contributed by atoms with Crippen molar-refractivity contribution in [3.8, 4) is 5.88 Å². The SMILES string of the molecule is Cc1ccc(C2COc3ncc(Cc4ccc(F)cc4)cc3N2)cc1. The largest absolute Gasteiger partial charge is 0.474 e. The third-order valence-corrected chi connectivity index (χ3v) is 4.43. The number of nitrogens with one attached hydrogen (secondary N) is 1. The first-order valence-electron chi connectivity index (χ1n) is 8.37.